The van der Waals surface area contributed by atoms with Crippen molar-refractivity contribution in [1.29, 1.82) is 0 Å². The molecule has 1 amide bonds. The van der Waals surface area contributed by atoms with Crippen molar-refractivity contribution in [2.75, 3.05) is 18.4 Å². The third-order valence-electron chi connectivity index (χ3n) is 3.30. The van der Waals surface area contributed by atoms with Gasteiger partial charge in [-0.15, -0.1) is 0 Å². The number of thiazole rings is 1. The summed E-state index contributed by atoms with van der Waals surface area (Å²) >= 11 is 7.45. The number of nitrogens with zero attached hydrogens (tertiary/aromatic N) is 2. The molecule has 0 bridgehead atoms. The molecule has 3 rings (SSSR count). The molecular formula is C17H16ClN5OS. The van der Waals surface area contributed by atoms with Crippen LogP contribution in [0.25, 0.3) is 10.4 Å². The normalized spacial score (nSPS) is 10.5. The summed E-state index contributed by atoms with van der Waals surface area (Å²) in [5.41, 5.74) is 7.58. The number of carbonyl (C=O) groups excluding carboxylic acids is 1. The van der Waals surface area contributed by atoms with Gasteiger partial charge in [-0.2, -0.15) is 0 Å². The van der Waals surface area contributed by atoms with Crippen molar-refractivity contribution in [3.8, 4) is 10.4 Å². The van der Waals surface area contributed by atoms with Gasteiger partial charge in [0.05, 0.1) is 10.4 Å². The van der Waals surface area contributed by atoms with Crippen molar-refractivity contribution >= 4 is 39.7 Å². The molecule has 0 spiro atoms. The number of nitrogens with two attached hydrogens (primary N) is 1. The van der Waals surface area contributed by atoms with E-state index in [-0.39, 0.29) is 5.91 Å². The Kier molecular flexibility index (Phi) is 5.60. The molecule has 128 valence electrons. The molecule has 0 fully saturated rings. The van der Waals surface area contributed by atoms with E-state index in [0.29, 0.717) is 23.7 Å². The molecule has 6 nitrogen and oxygen atoms in total. The summed E-state index contributed by atoms with van der Waals surface area (Å²) in [6.07, 6.45) is 4.98. The molecule has 25 heavy (non-hydrogen) atoms. The maximum atomic E-state index is 12.0. The molecule has 0 unspecified atom stereocenters. The number of pyridine rings is 1. The molecule has 8 heteroatoms. The first kappa shape index (κ1) is 17.3. The lowest BCUT2D eigenvalue weighted by molar-refractivity contribution is 0.0954. The topological polar surface area (TPSA) is 92.9 Å². The monoisotopic (exact) mass is 373 g/mol. The zero-order valence-corrected chi connectivity index (χ0v) is 14.8. The number of nitrogens with one attached hydrogen (secondary N) is 2. The van der Waals surface area contributed by atoms with Crippen molar-refractivity contribution < 1.29 is 4.79 Å². The Bertz CT molecular complexity index is 883. The molecule has 0 saturated carbocycles. The second kappa shape index (κ2) is 8.06. The van der Waals surface area contributed by atoms with Crippen LogP contribution in [0.4, 0.5) is 10.8 Å². The van der Waals surface area contributed by atoms with E-state index in [1.807, 2.05) is 24.3 Å². The third-order valence-corrected chi connectivity index (χ3v) is 4.49. The van der Waals surface area contributed by atoms with Crippen molar-refractivity contribution in [3.05, 3.63) is 59.5 Å². The van der Waals surface area contributed by atoms with Gasteiger partial charge >= 0.3 is 0 Å². The second-order valence-electron chi connectivity index (χ2n) is 5.17. The third kappa shape index (κ3) is 4.54. The maximum Gasteiger partial charge on any atom is 0.252 e. The first-order valence-corrected chi connectivity index (χ1v) is 8.77. The fourth-order valence-corrected chi connectivity index (χ4v) is 3.15. The summed E-state index contributed by atoms with van der Waals surface area (Å²) in [6, 6.07) is 9.21. The zero-order valence-electron chi connectivity index (χ0n) is 13.2. The summed E-state index contributed by atoms with van der Waals surface area (Å²) in [6.45, 7) is 0.823. The summed E-state index contributed by atoms with van der Waals surface area (Å²) in [5, 5.41) is 7.33. The highest BCUT2D eigenvalue weighted by atomic mass is 35.5. The molecule has 4 N–H and O–H groups in total. The molecule has 2 heterocycles. The van der Waals surface area contributed by atoms with E-state index in [4.69, 9.17) is 17.3 Å². The number of aromatic nitrogens is 2. The number of hydrogen-bond donors (Lipinski definition) is 3. The number of amides is 1. The summed E-state index contributed by atoms with van der Waals surface area (Å²) in [7, 11) is 0. The summed E-state index contributed by atoms with van der Waals surface area (Å²) in [5.74, 6) is -0.193. The second-order valence-corrected chi connectivity index (χ2v) is 6.64. The Morgan fingerprint density at radius 2 is 2.12 bits per heavy atom. The molecular weight excluding hydrogens is 358 g/mol. The predicted octanol–water partition coefficient (Wildman–Crippen LogP) is 3.29. The van der Waals surface area contributed by atoms with Crippen molar-refractivity contribution in [3.63, 3.8) is 0 Å². The van der Waals surface area contributed by atoms with Gasteiger partial charge in [-0.25, -0.2) is 4.98 Å². The molecule has 0 saturated heterocycles. The first-order valence-electron chi connectivity index (χ1n) is 7.58. The fourth-order valence-electron chi connectivity index (χ4n) is 2.14. The van der Waals surface area contributed by atoms with Crippen LogP contribution < -0.4 is 16.4 Å². The highest BCUT2D eigenvalue weighted by Gasteiger charge is 2.10. The van der Waals surface area contributed by atoms with E-state index < -0.39 is 0 Å². The highest BCUT2D eigenvalue weighted by molar-refractivity contribution is 7.18. The highest BCUT2D eigenvalue weighted by Crippen LogP contribution is 2.31. The van der Waals surface area contributed by atoms with Crippen LogP contribution in [0.5, 0.6) is 0 Å². The fraction of sp³-hybridized carbons (Fsp3) is 0.118. The minimum Gasteiger partial charge on any atom is -0.351 e. The SMILES string of the molecule is NCCNC(=O)c1cncc(-c2cnc(Nc3cccc(Cl)c3)s2)c1. The van der Waals surface area contributed by atoms with Gasteiger partial charge in [0.1, 0.15) is 0 Å². The van der Waals surface area contributed by atoms with Gasteiger partial charge in [0, 0.05) is 48.0 Å². The lowest BCUT2D eigenvalue weighted by Gasteiger charge is -2.04. The van der Waals surface area contributed by atoms with Crippen LogP contribution in [0.3, 0.4) is 0 Å². The lowest BCUT2D eigenvalue weighted by atomic mass is 10.2. The molecule has 0 aliphatic carbocycles. The Morgan fingerprint density at radius 3 is 2.92 bits per heavy atom. The Morgan fingerprint density at radius 1 is 1.24 bits per heavy atom. The van der Waals surface area contributed by atoms with E-state index in [2.05, 4.69) is 20.6 Å². The summed E-state index contributed by atoms with van der Waals surface area (Å²) < 4.78 is 0. The average molecular weight is 374 g/mol. The molecule has 0 radical (unpaired) electrons. The van der Waals surface area contributed by atoms with E-state index in [1.165, 1.54) is 17.5 Å². The molecule has 1 aromatic carbocycles. The molecule has 2 aromatic heterocycles. The van der Waals surface area contributed by atoms with Gasteiger partial charge in [0.25, 0.3) is 5.91 Å². The van der Waals surface area contributed by atoms with Crippen molar-refractivity contribution in [2.24, 2.45) is 5.73 Å². The van der Waals surface area contributed by atoms with Crippen LogP contribution in [0.1, 0.15) is 10.4 Å². The van der Waals surface area contributed by atoms with Gasteiger partial charge in [-0.1, -0.05) is 29.0 Å². The van der Waals surface area contributed by atoms with Gasteiger partial charge in [0.15, 0.2) is 5.13 Å². The van der Waals surface area contributed by atoms with Crippen LogP contribution in [0.2, 0.25) is 5.02 Å². The number of carbonyl (C=O) groups is 1. The number of benzene rings is 1. The zero-order chi connectivity index (χ0) is 17.6. The quantitative estimate of drug-likeness (QED) is 0.616. The molecule has 0 atom stereocenters. The molecule has 0 aliphatic heterocycles. The molecule has 0 aliphatic rings. The van der Waals surface area contributed by atoms with E-state index in [0.717, 1.165) is 21.3 Å². The van der Waals surface area contributed by atoms with Gasteiger partial charge in [-0.3, -0.25) is 9.78 Å². The lowest BCUT2D eigenvalue weighted by Crippen LogP contribution is -2.29. The van der Waals surface area contributed by atoms with E-state index in [9.17, 15) is 4.79 Å². The Hall–Kier alpha value is -2.48. The minimum atomic E-state index is -0.193. The predicted molar refractivity (Wildman–Crippen MR) is 101 cm³/mol. The Labute approximate surface area is 154 Å². The van der Waals surface area contributed by atoms with Crippen molar-refractivity contribution in [2.45, 2.75) is 0 Å². The number of anilines is 2. The van der Waals surface area contributed by atoms with Crippen LogP contribution in [0, 0.1) is 0 Å². The average Bonchev–Trinajstić information content (AvgIpc) is 3.08. The van der Waals surface area contributed by atoms with Crippen molar-refractivity contribution in [1.82, 2.24) is 15.3 Å². The van der Waals surface area contributed by atoms with E-state index in [1.54, 1.807) is 18.5 Å². The maximum absolute atomic E-state index is 12.0. The molecule has 3 aromatic rings. The first-order chi connectivity index (χ1) is 12.2. The number of rotatable bonds is 6. The van der Waals surface area contributed by atoms with E-state index >= 15 is 0 Å². The van der Waals surface area contributed by atoms with Gasteiger partial charge in [-0.05, 0) is 24.3 Å². The summed E-state index contributed by atoms with van der Waals surface area (Å²) in [4.78, 5) is 21.4. The van der Waals surface area contributed by atoms with Crippen LogP contribution in [0.15, 0.2) is 48.9 Å². The largest absolute Gasteiger partial charge is 0.351 e. The van der Waals surface area contributed by atoms with Crippen LogP contribution in [-0.2, 0) is 0 Å². The van der Waals surface area contributed by atoms with Crippen LogP contribution >= 0.6 is 22.9 Å². The number of hydrogen-bond acceptors (Lipinski definition) is 6. The Balaban J connectivity index is 1.77. The van der Waals surface area contributed by atoms with Gasteiger partial charge < -0.3 is 16.4 Å². The van der Waals surface area contributed by atoms with Crippen LogP contribution in [-0.4, -0.2) is 29.0 Å². The smallest absolute Gasteiger partial charge is 0.252 e. The standard InChI is InChI=1S/C17H16ClN5OS/c18-13-2-1-3-14(7-13)23-17-22-10-15(25-17)11-6-12(9-20-8-11)16(24)21-5-4-19/h1-3,6-10H,4-5,19H2,(H,21,24)(H,22,23). The van der Waals surface area contributed by atoms with Gasteiger partial charge in [0.2, 0.25) is 0 Å². The minimum absolute atomic E-state index is 0.193. The number of halogens is 1.